The Morgan fingerprint density at radius 2 is 1.81 bits per heavy atom. The number of nitrogens with zero attached hydrogens (tertiary/aromatic N) is 1. The number of rotatable bonds is 7. The molecule has 2 aromatic carbocycles. The number of phenols is 1. The van der Waals surface area contributed by atoms with Gasteiger partial charge in [-0.25, -0.2) is 0 Å². The number of carboxylic acids is 1. The minimum absolute atomic E-state index is 0.0763. The topological polar surface area (TPSA) is 62.5 Å². The SMILES string of the molecule is CCCc1c(O)ccc2c1c(C)c(CCC(=O)O)n2Cc1ccc(Cl)cc1. The van der Waals surface area contributed by atoms with E-state index in [1.165, 1.54) is 0 Å². The fourth-order valence-electron chi connectivity index (χ4n) is 3.76. The number of aromatic nitrogens is 1. The summed E-state index contributed by atoms with van der Waals surface area (Å²) < 4.78 is 2.18. The first-order valence-electron chi connectivity index (χ1n) is 9.21. The molecule has 0 fully saturated rings. The summed E-state index contributed by atoms with van der Waals surface area (Å²) in [6.45, 7) is 4.74. The van der Waals surface area contributed by atoms with Crippen molar-refractivity contribution < 1.29 is 15.0 Å². The van der Waals surface area contributed by atoms with Gasteiger partial charge in [0.05, 0.1) is 6.42 Å². The molecule has 142 valence electrons. The molecule has 3 aromatic rings. The van der Waals surface area contributed by atoms with E-state index in [-0.39, 0.29) is 6.42 Å². The maximum absolute atomic E-state index is 11.2. The number of aromatic hydroxyl groups is 1. The highest BCUT2D eigenvalue weighted by Gasteiger charge is 2.19. The first kappa shape index (κ1) is 19.3. The summed E-state index contributed by atoms with van der Waals surface area (Å²) in [5.41, 5.74) is 5.13. The molecule has 0 aliphatic carbocycles. The molecule has 4 nitrogen and oxygen atoms in total. The number of hydrogen-bond donors (Lipinski definition) is 2. The van der Waals surface area contributed by atoms with Crippen molar-refractivity contribution in [2.24, 2.45) is 0 Å². The van der Waals surface area contributed by atoms with Crippen LogP contribution in [0.5, 0.6) is 5.75 Å². The summed E-state index contributed by atoms with van der Waals surface area (Å²) in [7, 11) is 0. The molecule has 27 heavy (non-hydrogen) atoms. The molecule has 0 bridgehead atoms. The zero-order valence-corrected chi connectivity index (χ0v) is 16.4. The van der Waals surface area contributed by atoms with Gasteiger partial charge in [0, 0.05) is 33.7 Å². The van der Waals surface area contributed by atoms with Crippen molar-refractivity contribution in [2.75, 3.05) is 0 Å². The van der Waals surface area contributed by atoms with E-state index in [0.29, 0.717) is 23.7 Å². The molecule has 1 aromatic heterocycles. The van der Waals surface area contributed by atoms with Crippen LogP contribution in [-0.2, 0) is 24.2 Å². The lowest BCUT2D eigenvalue weighted by Crippen LogP contribution is -2.07. The molecule has 1 heterocycles. The van der Waals surface area contributed by atoms with Crippen LogP contribution in [0, 0.1) is 6.92 Å². The molecule has 0 spiro atoms. The van der Waals surface area contributed by atoms with Crippen molar-refractivity contribution in [3.05, 3.63) is 63.8 Å². The Bertz CT molecular complexity index is 974. The van der Waals surface area contributed by atoms with Crippen molar-refractivity contribution in [3.8, 4) is 5.75 Å². The van der Waals surface area contributed by atoms with Crippen molar-refractivity contribution in [1.82, 2.24) is 4.57 Å². The predicted molar refractivity (Wildman–Crippen MR) is 109 cm³/mol. The summed E-state index contributed by atoms with van der Waals surface area (Å²) in [6, 6.07) is 11.4. The van der Waals surface area contributed by atoms with E-state index in [9.17, 15) is 15.0 Å². The Balaban J connectivity index is 2.18. The van der Waals surface area contributed by atoms with Gasteiger partial charge in [-0.1, -0.05) is 37.1 Å². The smallest absolute Gasteiger partial charge is 0.303 e. The molecule has 0 unspecified atom stereocenters. The predicted octanol–water partition coefficient (Wildman–Crippen LogP) is 5.33. The number of halogens is 1. The van der Waals surface area contributed by atoms with E-state index >= 15 is 0 Å². The largest absolute Gasteiger partial charge is 0.508 e. The van der Waals surface area contributed by atoms with E-state index < -0.39 is 5.97 Å². The van der Waals surface area contributed by atoms with Crippen LogP contribution in [-0.4, -0.2) is 20.7 Å². The third kappa shape index (κ3) is 3.96. The molecule has 0 saturated carbocycles. The third-order valence-corrected chi connectivity index (χ3v) is 5.27. The van der Waals surface area contributed by atoms with Gasteiger partial charge in [-0.15, -0.1) is 0 Å². The highest BCUT2D eigenvalue weighted by atomic mass is 35.5. The molecule has 0 aliphatic rings. The van der Waals surface area contributed by atoms with Gasteiger partial charge in [-0.05, 0) is 55.2 Å². The quantitative estimate of drug-likeness (QED) is 0.578. The van der Waals surface area contributed by atoms with E-state index in [1.54, 1.807) is 6.07 Å². The summed E-state index contributed by atoms with van der Waals surface area (Å²) in [5.74, 6) is -0.504. The van der Waals surface area contributed by atoms with Gasteiger partial charge in [-0.3, -0.25) is 4.79 Å². The van der Waals surface area contributed by atoms with Gasteiger partial charge in [0.25, 0.3) is 0 Å². The summed E-state index contributed by atoms with van der Waals surface area (Å²) in [4.78, 5) is 11.2. The zero-order valence-electron chi connectivity index (χ0n) is 15.6. The lowest BCUT2D eigenvalue weighted by Gasteiger charge is -2.12. The van der Waals surface area contributed by atoms with Gasteiger partial charge in [0.2, 0.25) is 0 Å². The lowest BCUT2D eigenvalue weighted by molar-refractivity contribution is -0.136. The highest BCUT2D eigenvalue weighted by Crippen LogP contribution is 2.35. The highest BCUT2D eigenvalue weighted by molar-refractivity contribution is 6.30. The van der Waals surface area contributed by atoms with Gasteiger partial charge in [0.15, 0.2) is 0 Å². The minimum atomic E-state index is -0.811. The number of benzene rings is 2. The Morgan fingerprint density at radius 1 is 1.11 bits per heavy atom. The molecule has 0 aliphatic heterocycles. The van der Waals surface area contributed by atoms with Gasteiger partial charge in [-0.2, -0.15) is 0 Å². The van der Waals surface area contributed by atoms with Crippen molar-refractivity contribution >= 4 is 28.5 Å². The number of carboxylic acid groups (broad SMARTS) is 1. The molecule has 0 saturated heterocycles. The summed E-state index contributed by atoms with van der Waals surface area (Å²) in [6.07, 6.45) is 2.24. The second-order valence-electron chi connectivity index (χ2n) is 6.89. The molecule has 0 radical (unpaired) electrons. The number of aliphatic carboxylic acids is 1. The Morgan fingerprint density at radius 3 is 2.44 bits per heavy atom. The normalized spacial score (nSPS) is 11.2. The fourth-order valence-corrected chi connectivity index (χ4v) is 3.89. The van der Waals surface area contributed by atoms with Crippen LogP contribution >= 0.6 is 11.6 Å². The van der Waals surface area contributed by atoms with Gasteiger partial charge < -0.3 is 14.8 Å². The Kier molecular flexibility index (Phi) is 5.76. The first-order valence-corrected chi connectivity index (χ1v) is 9.59. The molecule has 0 atom stereocenters. The van der Waals surface area contributed by atoms with Crippen molar-refractivity contribution in [1.29, 1.82) is 0 Å². The summed E-state index contributed by atoms with van der Waals surface area (Å²) >= 11 is 6.00. The molecule has 5 heteroatoms. The third-order valence-electron chi connectivity index (χ3n) is 5.02. The van der Waals surface area contributed by atoms with Crippen LogP contribution in [0.1, 0.15) is 42.1 Å². The maximum Gasteiger partial charge on any atom is 0.303 e. The fraction of sp³-hybridized carbons (Fsp3) is 0.318. The molecule has 2 N–H and O–H groups in total. The zero-order chi connectivity index (χ0) is 19.6. The molecule has 0 amide bonds. The molecular weight excluding hydrogens is 362 g/mol. The number of carbonyl (C=O) groups is 1. The van der Waals surface area contributed by atoms with Crippen LogP contribution in [0.2, 0.25) is 5.02 Å². The standard InChI is InChI=1S/C22H24ClNO3/c1-3-4-17-20(25)11-9-19-22(17)14(2)18(10-12-21(26)27)24(19)13-15-5-7-16(23)8-6-15/h5-9,11,25H,3-4,10,12-13H2,1-2H3,(H,26,27). The summed E-state index contributed by atoms with van der Waals surface area (Å²) in [5, 5.41) is 21.3. The average Bonchev–Trinajstić information content (AvgIpc) is 2.89. The van der Waals surface area contributed by atoms with Crippen LogP contribution in [0.4, 0.5) is 0 Å². The monoisotopic (exact) mass is 385 g/mol. The van der Waals surface area contributed by atoms with Gasteiger partial charge >= 0.3 is 5.97 Å². The van der Waals surface area contributed by atoms with E-state index in [2.05, 4.69) is 11.5 Å². The van der Waals surface area contributed by atoms with Crippen LogP contribution in [0.15, 0.2) is 36.4 Å². The molecular formula is C22H24ClNO3. The van der Waals surface area contributed by atoms with Crippen molar-refractivity contribution in [2.45, 2.75) is 46.1 Å². The Hall–Kier alpha value is -2.46. The lowest BCUT2D eigenvalue weighted by atomic mass is 10.00. The second-order valence-corrected chi connectivity index (χ2v) is 7.32. The maximum atomic E-state index is 11.2. The van der Waals surface area contributed by atoms with Gasteiger partial charge in [0.1, 0.15) is 5.75 Å². The number of aryl methyl sites for hydroxylation is 2. The van der Waals surface area contributed by atoms with E-state index in [0.717, 1.165) is 46.1 Å². The number of fused-ring (bicyclic) bond motifs is 1. The average molecular weight is 386 g/mol. The second kappa shape index (κ2) is 8.05. The minimum Gasteiger partial charge on any atom is -0.508 e. The number of phenolic OH excluding ortho intramolecular Hbond substituents is 1. The van der Waals surface area contributed by atoms with E-state index in [1.807, 2.05) is 37.3 Å². The first-order chi connectivity index (χ1) is 12.9. The van der Waals surface area contributed by atoms with E-state index in [4.69, 9.17) is 11.6 Å². The van der Waals surface area contributed by atoms with Crippen LogP contribution < -0.4 is 0 Å². The van der Waals surface area contributed by atoms with Crippen molar-refractivity contribution in [3.63, 3.8) is 0 Å². The molecule has 3 rings (SSSR count). The number of hydrogen-bond acceptors (Lipinski definition) is 2. The van der Waals surface area contributed by atoms with Crippen LogP contribution in [0.25, 0.3) is 10.9 Å². The van der Waals surface area contributed by atoms with Crippen LogP contribution in [0.3, 0.4) is 0 Å². The Labute approximate surface area is 164 Å².